The van der Waals surface area contributed by atoms with Crippen LogP contribution in [0.15, 0.2) is 24.4 Å². The van der Waals surface area contributed by atoms with Crippen molar-refractivity contribution < 1.29 is 14.3 Å². The summed E-state index contributed by atoms with van der Waals surface area (Å²) in [6, 6.07) is 5.68. The van der Waals surface area contributed by atoms with E-state index in [1.807, 2.05) is 34.7 Å². The van der Waals surface area contributed by atoms with E-state index in [-0.39, 0.29) is 18.1 Å². The van der Waals surface area contributed by atoms with Crippen molar-refractivity contribution in [1.29, 1.82) is 0 Å². The van der Waals surface area contributed by atoms with Crippen LogP contribution < -0.4 is 4.74 Å². The van der Waals surface area contributed by atoms with Crippen LogP contribution in [0, 0.1) is 6.92 Å². The fourth-order valence-electron chi connectivity index (χ4n) is 3.52. The number of rotatable bonds is 2. The smallest absolute Gasteiger partial charge is 0.257 e. The van der Waals surface area contributed by atoms with Crippen LogP contribution in [0.4, 0.5) is 0 Å². The minimum absolute atomic E-state index is 0.0127. The first kappa shape index (κ1) is 15.1. The third-order valence-corrected chi connectivity index (χ3v) is 4.80. The molecule has 7 nitrogen and oxygen atoms in total. The third kappa shape index (κ3) is 2.45. The third-order valence-electron chi connectivity index (χ3n) is 4.80. The van der Waals surface area contributed by atoms with Crippen molar-refractivity contribution in [2.24, 2.45) is 0 Å². The molecule has 7 heteroatoms. The summed E-state index contributed by atoms with van der Waals surface area (Å²) in [5.74, 6) is 0.593. The Bertz CT molecular complexity index is 773. The molecule has 126 valence electrons. The maximum atomic E-state index is 13.0. The van der Waals surface area contributed by atoms with Crippen LogP contribution in [-0.2, 0) is 11.3 Å². The van der Waals surface area contributed by atoms with Gasteiger partial charge in [-0.1, -0.05) is 16.8 Å². The summed E-state index contributed by atoms with van der Waals surface area (Å²) in [6.07, 6.45) is 2.60. The predicted molar refractivity (Wildman–Crippen MR) is 85.9 cm³/mol. The van der Waals surface area contributed by atoms with Gasteiger partial charge in [0.25, 0.3) is 5.91 Å². The van der Waals surface area contributed by atoms with E-state index in [1.54, 1.807) is 13.3 Å². The van der Waals surface area contributed by atoms with Crippen LogP contribution in [0.25, 0.3) is 0 Å². The number of amides is 1. The zero-order valence-corrected chi connectivity index (χ0v) is 13.8. The number of carbonyl (C=O) groups excluding carboxylic acids is 1. The number of piperidine rings is 1. The average molecular weight is 328 g/mol. The highest BCUT2D eigenvalue weighted by molar-refractivity contribution is 5.97. The lowest BCUT2D eigenvalue weighted by Crippen LogP contribution is -2.50. The number of nitrogens with zero attached hydrogens (tertiary/aromatic N) is 4. The maximum Gasteiger partial charge on any atom is 0.257 e. The number of hydrogen-bond acceptors (Lipinski definition) is 5. The number of aromatic nitrogens is 3. The van der Waals surface area contributed by atoms with E-state index < -0.39 is 0 Å². The van der Waals surface area contributed by atoms with E-state index in [2.05, 4.69) is 10.3 Å². The summed E-state index contributed by atoms with van der Waals surface area (Å²) < 4.78 is 13.2. The summed E-state index contributed by atoms with van der Waals surface area (Å²) in [7, 11) is 1.59. The first-order valence-electron chi connectivity index (χ1n) is 8.12. The fourth-order valence-corrected chi connectivity index (χ4v) is 3.52. The van der Waals surface area contributed by atoms with Crippen LogP contribution in [-0.4, -0.2) is 52.1 Å². The minimum atomic E-state index is -0.0127. The molecular formula is C17H20N4O3. The molecule has 0 bridgehead atoms. The first-order chi connectivity index (χ1) is 11.7. The SMILES string of the molecule is COc1ccc(C)cc1C(=O)N1CC[C@H]2OCc3cnnn3[C@@H]2C1. The molecule has 0 unspecified atom stereocenters. The Hall–Kier alpha value is -2.41. The van der Waals surface area contributed by atoms with Crippen LogP contribution in [0.2, 0.25) is 0 Å². The van der Waals surface area contributed by atoms with E-state index in [9.17, 15) is 4.79 Å². The molecule has 1 aromatic carbocycles. The molecule has 2 aliphatic rings. The van der Waals surface area contributed by atoms with Crippen molar-refractivity contribution in [1.82, 2.24) is 19.9 Å². The summed E-state index contributed by atoms with van der Waals surface area (Å²) in [5.41, 5.74) is 2.60. The Labute approximate surface area is 140 Å². The molecule has 0 aliphatic carbocycles. The van der Waals surface area contributed by atoms with E-state index in [0.717, 1.165) is 17.7 Å². The number of ether oxygens (including phenoxy) is 2. The van der Waals surface area contributed by atoms with Crippen molar-refractivity contribution in [3.63, 3.8) is 0 Å². The normalized spacial score (nSPS) is 22.7. The van der Waals surface area contributed by atoms with E-state index in [1.165, 1.54) is 0 Å². The summed E-state index contributed by atoms with van der Waals surface area (Å²) in [6.45, 7) is 3.74. The predicted octanol–water partition coefficient (Wildman–Crippen LogP) is 1.58. The second kappa shape index (κ2) is 5.90. The minimum Gasteiger partial charge on any atom is -0.496 e. The Balaban J connectivity index is 1.61. The van der Waals surface area contributed by atoms with Gasteiger partial charge < -0.3 is 14.4 Å². The molecular weight excluding hydrogens is 308 g/mol. The summed E-state index contributed by atoms with van der Waals surface area (Å²) in [5, 5.41) is 8.15. The topological polar surface area (TPSA) is 69.5 Å². The number of benzene rings is 1. The van der Waals surface area contributed by atoms with E-state index in [0.29, 0.717) is 31.0 Å². The largest absolute Gasteiger partial charge is 0.496 e. The fraction of sp³-hybridized carbons (Fsp3) is 0.471. The van der Waals surface area contributed by atoms with Gasteiger partial charge in [0.1, 0.15) is 5.75 Å². The lowest BCUT2D eigenvalue weighted by molar-refractivity contribution is -0.0605. The van der Waals surface area contributed by atoms with E-state index >= 15 is 0 Å². The molecule has 1 amide bonds. The van der Waals surface area contributed by atoms with Gasteiger partial charge in [0.05, 0.1) is 43.3 Å². The highest BCUT2D eigenvalue weighted by Gasteiger charge is 2.38. The molecule has 0 spiro atoms. The van der Waals surface area contributed by atoms with Gasteiger partial charge >= 0.3 is 0 Å². The van der Waals surface area contributed by atoms with Crippen molar-refractivity contribution in [3.8, 4) is 5.75 Å². The molecule has 2 aromatic rings. The zero-order valence-electron chi connectivity index (χ0n) is 13.8. The van der Waals surface area contributed by atoms with Crippen molar-refractivity contribution in [2.75, 3.05) is 20.2 Å². The van der Waals surface area contributed by atoms with Gasteiger partial charge in [-0.05, 0) is 25.5 Å². The molecule has 2 aliphatic heterocycles. The molecule has 1 saturated heterocycles. The highest BCUT2D eigenvalue weighted by Crippen LogP contribution is 2.31. The summed E-state index contributed by atoms with van der Waals surface area (Å²) in [4.78, 5) is 14.9. The number of fused-ring (bicyclic) bond motifs is 3. The van der Waals surface area contributed by atoms with Gasteiger partial charge in [0.15, 0.2) is 0 Å². The Kier molecular flexibility index (Phi) is 3.72. The second-order valence-electron chi connectivity index (χ2n) is 6.33. The quantitative estimate of drug-likeness (QED) is 0.837. The molecule has 2 atom stereocenters. The molecule has 1 fully saturated rings. The Morgan fingerprint density at radius 2 is 2.29 bits per heavy atom. The molecule has 3 heterocycles. The number of likely N-dealkylation sites (tertiary alicyclic amines) is 1. The van der Waals surface area contributed by atoms with Crippen LogP contribution >= 0.6 is 0 Å². The van der Waals surface area contributed by atoms with Gasteiger partial charge in [-0.15, -0.1) is 5.10 Å². The molecule has 4 rings (SSSR count). The van der Waals surface area contributed by atoms with Gasteiger partial charge in [-0.2, -0.15) is 0 Å². The molecule has 1 aromatic heterocycles. The lowest BCUT2D eigenvalue weighted by atomic mass is 9.99. The van der Waals surface area contributed by atoms with Crippen LogP contribution in [0.3, 0.4) is 0 Å². The van der Waals surface area contributed by atoms with Crippen molar-refractivity contribution >= 4 is 5.91 Å². The van der Waals surface area contributed by atoms with Crippen molar-refractivity contribution in [3.05, 3.63) is 41.2 Å². The van der Waals surface area contributed by atoms with E-state index in [4.69, 9.17) is 9.47 Å². The van der Waals surface area contributed by atoms with Gasteiger partial charge in [0, 0.05) is 13.1 Å². The number of carbonyl (C=O) groups is 1. The standard InChI is InChI=1S/C17H20N4O3/c1-11-3-4-15(23-2)13(7-11)17(22)20-6-5-16-14(9-20)21-12(10-24-16)8-18-19-21/h3-4,7-8,14,16H,5-6,9-10H2,1-2H3/t14-,16-/m1/s1. The van der Waals surface area contributed by atoms with Gasteiger partial charge in [-0.3, -0.25) is 4.79 Å². The lowest BCUT2D eigenvalue weighted by Gasteiger charge is -2.41. The molecule has 0 N–H and O–H groups in total. The van der Waals surface area contributed by atoms with Crippen molar-refractivity contribution in [2.45, 2.75) is 32.1 Å². The van der Waals surface area contributed by atoms with Crippen LogP contribution in [0.5, 0.6) is 5.75 Å². The molecule has 24 heavy (non-hydrogen) atoms. The molecule has 0 radical (unpaired) electrons. The monoisotopic (exact) mass is 328 g/mol. The summed E-state index contributed by atoms with van der Waals surface area (Å²) >= 11 is 0. The highest BCUT2D eigenvalue weighted by atomic mass is 16.5. The number of methoxy groups -OCH3 is 1. The second-order valence-corrected chi connectivity index (χ2v) is 6.33. The average Bonchev–Trinajstić information content (AvgIpc) is 3.10. The van der Waals surface area contributed by atoms with Gasteiger partial charge in [-0.25, -0.2) is 4.68 Å². The Morgan fingerprint density at radius 3 is 3.12 bits per heavy atom. The number of hydrogen-bond donors (Lipinski definition) is 0. The van der Waals surface area contributed by atoms with Crippen LogP contribution in [0.1, 0.15) is 34.1 Å². The van der Waals surface area contributed by atoms with Gasteiger partial charge in [0.2, 0.25) is 0 Å². The first-order valence-corrected chi connectivity index (χ1v) is 8.12. The Morgan fingerprint density at radius 1 is 1.42 bits per heavy atom. The number of aryl methyl sites for hydroxylation is 1. The maximum absolute atomic E-state index is 13.0. The zero-order chi connectivity index (χ0) is 16.7. The molecule has 0 saturated carbocycles.